The van der Waals surface area contributed by atoms with Crippen molar-refractivity contribution in [3.8, 4) is 0 Å². The van der Waals surface area contributed by atoms with Crippen molar-refractivity contribution in [2.45, 2.75) is 51.2 Å². The summed E-state index contributed by atoms with van der Waals surface area (Å²) < 4.78 is 16.6. The smallest absolute Gasteiger partial charge is 0.145 e. The number of hydrogen-bond donors (Lipinski definition) is 0. The van der Waals surface area contributed by atoms with Crippen LogP contribution in [0.1, 0.15) is 52.0 Å². The van der Waals surface area contributed by atoms with Gasteiger partial charge in [0.1, 0.15) is 11.0 Å². The Morgan fingerprint density at radius 2 is 1.95 bits per heavy atom. The van der Waals surface area contributed by atoms with Crippen LogP contribution in [0.5, 0.6) is 0 Å². The Morgan fingerprint density at radius 1 is 1.30 bits per heavy atom. The van der Waals surface area contributed by atoms with Gasteiger partial charge in [0.15, 0.2) is 0 Å². The van der Waals surface area contributed by atoms with Gasteiger partial charge in [0, 0.05) is 10.9 Å². The zero-order valence-electron chi connectivity index (χ0n) is 12.4. The van der Waals surface area contributed by atoms with E-state index in [4.69, 9.17) is 11.6 Å². The zero-order chi connectivity index (χ0) is 14.8. The molecule has 0 saturated heterocycles. The van der Waals surface area contributed by atoms with Crippen LogP contribution in [0.25, 0.3) is 0 Å². The van der Waals surface area contributed by atoms with E-state index in [2.05, 4.69) is 4.40 Å². The van der Waals surface area contributed by atoms with Crippen LogP contribution in [0.2, 0.25) is 5.02 Å². The van der Waals surface area contributed by atoms with Gasteiger partial charge in [0.2, 0.25) is 0 Å². The maximum absolute atomic E-state index is 12.4. The molecular formula is C16H22ClNOS. The van der Waals surface area contributed by atoms with Gasteiger partial charge in [-0.3, -0.25) is 0 Å². The van der Waals surface area contributed by atoms with E-state index in [1.807, 2.05) is 45.0 Å². The molecule has 0 amide bonds. The van der Waals surface area contributed by atoms with Crippen LogP contribution in [0, 0.1) is 5.92 Å². The number of hydrogen-bond acceptors (Lipinski definition) is 1. The predicted octanol–water partition coefficient (Wildman–Crippen LogP) is 4.78. The molecular weight excluding hydrogens is 290 g/mol. The van der Waals surface area contributed by atoms with E-state index in [0.29, 0.717) is 10.9 Å². The first-order valence-electron chi connectivity index (χ1n) is 7.14. The number of rotatable bonds is 3. The Kier molecular flexibility index (Phi) is 5.03. The molecule has 0 spiro atoms. The van der Waals surface area contributed by atoms with Crippen LogP contribution in [0.4, 0.5) is 0 Å². The topological polar surface area (TPSA) is 29.4 Å². The first-order valence-corrected chi connectivity index (χ1v) is 8.63. The zero-order valence-corrected chi connectivity index (χ0v) is 13.9. The Morgan fingerprint density at radius 3 is 2.50 bits per heavy atom. The van der Waals surface area contributed by atoms with Crippen LogP contribution >= 0.6 is 11.6 Å². The second-order valence-electron chi connectivity index (χ2n) is 6.33. The molecule has 1 saturated carbocycles. The first kappa shape index (κ1) is 15.7. The lowest BCUT2D eigenvalue weighted by atomic mass is 9.95. The molecule has 1 aliphatic carbocycles. The van der Waals surface area contributed by atoms with Crippen LogP contribution in [0.15, 0.2) is 28.7 Å². The minimum absolute atomic E-state index is 0.331. The Hall–Kier alpha value is -0.670. The molecule has 0 bridgehead atoms. The van der Waals surface area contributed by atoms with Crippen LogP contribution in [-0.4, -0.2) is 14.7 Å². The van der Waals surface area contributed by atoms with Crippen molar-refractivity contribution < 1.29 is 4.21 Å². The second kappa shape index (κ2) is 6.40. The molecule has 1 aliphatic rings. The number of nitrogens with zero attached hydrogens (tertiary/aromatic N) is 1. The van der Waals surface area contributed by atoms with Gasteiger partial charge in [-0.2, -0.15) is 4.40 Å². The van der Waals surface area contributed by atoms with Gasteiger partial charge in [-0.05, 0) is 51.3 Å². The van der Waals surface area contributed by atoms with Crippen molar-refractivity contribution >= 4 is 28.3 Å². The molecule has 2 rings (SSSR count). The molecule has 1 aromatic carbocycles. The van der Waals surface area contributed by atoms with Gasteiger partial charge >= 0.3 is 0 Å². The fourth-order valence-corrected chi connectivity index (χ4v) is 3.33. The monoisotopic (exact) mass is 311 g/mol. The third kappa shape index (κ3) is 3.92. The largest absolute Gasteiger partial charge is 0.234 e. The summed E-state index contributed by atoms with van der Waals surface area (Å²) in [5.41, 5.74) is 1.99. The molecule has 0 radical (unpaired) electrons. The normalized spacial score (nSPS) is 19.3. The van der Waals surface area contributed by atoms with Crippen molar-refractivity contribution in [2.24, 2.45) is 10.3 Å². The van der Waals surface area contributed by atoms with Gasteiger partial charge in [-0.1, -0.05) is 36.6 Å². The van der Waals surface area contributed by atoms with Crippen molar-refractivity contribution in [3.05, 3.63) is 34.9 Å². The Bertz CT molecular complexity index is 528. The third-order valence-electron chi connectivity index (χ3n) is 3.57. The molecule has 110 valence electrons. The molecule has 0 aromatic heterocycles. The molecule has 1 fully saturated rings. The maximum Gasteiger partial charge on any atom is 0.145 e. The van der Waals surface area contributed by atoms with E-state index in [1.54, 1.807) is 0 Å². The second-order valence-corrected chi connectivity index (χ2v) is 8.67. The average Bonchev–Trinajstić information content (AvgIpc) is 2.88. The van der Waals surface area contributed by atoms with Crippen LogP contribution < -0.4 is 0 Å². The van der Waals surface area contributed by atoms with E-state index >= 15 is 0 Å². The highest BCUT2D eigenvalue weighted by atomic mass is 35.5. The summed E-state index contributed by atoms with van der Waals surface area (Å²) >= 11 is 6.09. The molecule has 2 nitrogen and oxygen atoms in total. The molecule has 20 heavy (non-hydrogen) atoms. The lowest BCUT2D eigenvalue weighted by molar-refractivity contribution is 0.649. The van der Waals surface area contributed by atoms with E-state index in [9.17, 15) is 4.21 Å². The summed E-state index contributed by atoms with van der Waals surface area (Å²) in [5.74, 6) is 0.416. The van der Waals surface area contributed by atoms with Crippen LogP contribution in [-0.2, 0) is 11.0 Å². The van der Waals surface area contributed by atoms with Crippen molar-refractivity contribution in [3.63, 3.8) is 0 Å². The summed E-state index contributed by atoms with van der Waals surface area (Å²) in [5, 5.41) is 0.703. The van der Waals surface area contributed by atoms with E-state index in [1.165, 1.54) is 12.8 Å². The van der Waals surface area contributed by atoms with E-state index in [0.717, 1.165) is 24.1 Å². The van der Waals surface area contributed by atoms with Gasteiger partial charge in [0.25, 0.3) is 0 Å². The summed E-state index contributed by atoms with van der Waals surface area (Å²) in [6, 6.07) is 7.74. The minimum atomic E-state index is -1.23. The molecule has 0 N–H and O–H groups in total. The third-order valence-corrected chi connectivity index (χ3v) is 5.21. The van der Waals surface area contributed by atoms with E-state index in [-0.39, 0.29) is 4.75 Å². The number of benzene rings is 1. The van der Waals surface area contributed by atoms with Crippen molar-refractivity contribution in [1.82, 2.24) is 0 Å². The van der Waals surface area contributed by atoms with E-state index < -0.39 is 11.0 Å². The molecule has 0 aliphatic heterocycles. The van der Waals surface area contributed by atoms with Gasteiger partial charge in [-0.15, -0.1) is 0 Å². The first-order chi connectivity index (χ1) is 9.38. The van der Waals surface area contributed by atoms with Gasteiger partial charge in [-0.25, -0.2) is 4.21 Å². The van der Waals surface area contributed by atoms with Gasteiger partial charge < -0.3 is 0 Å². The highest BCUT2D eigenvalue weighted by Gasteiger charge is 2.26. The van der Waals surface area contributed by atoms with Gasteiger partial charge in [0.05, 0.1) is 10.5 Å². The molecule has 4 heteroatoms. The predicted molar refractivity (Wildman–Crippen MR) is 87.8 cm³/mol. The fourth-order valence-electron chi connectivity index (χ4n) is 2.44. The summed E-state index contributed by atoms with van der Waals surface area (Å²) in [4.78, 5) is 0. The minimum Gasteiger partial charge on any atom is -0.234 e. The Balaban J connectivity index is 2.39. The molecule has 1 aromatic rings. The Labute approximate surface area is 129 Å². The standard InChI is InChI=1S/C16H22ClNOS/c1-16(2,3)20(19)18-15(12-7-4-5-8-12)13-9-6-10-14(17)11-13/h6,9-12H,4-5,7-8H2,1-3H3/b18-15-/t20-/m1/s1. The maximum atomic E-state index is 12.4. The lowest BCUT2D eigenvalue weighted by Crippen LogP contribution is -2.23. The SMILES string of the molecule is CC(C)(C)[S@@](=O)/N=C(\c1cccc(Cl)c1)C1CCCC1. The molecule has 0 unspecified atom stereocenters. The van der Waals surface area contributed by atoms with Crippen molar-refractivity contribution in [2.75, 3.05) is 0 Å². The average molecular weight is 312 g/mol. The molecule has 0 heterocycles. The number of halogens is 1. The summed E-state index contributed by atoms with van der Waals surface area (Å²) in [6.07, 6.45) is 4.72. The summed E-state index contributed by atoms with van der Waals surface area (Å²) in [7, 11) is -1.23. The summed E-state index contributed by atoms with van der Waals surface area (Å²) in [6.45, 7) is 5.87. The fraction of sp³-hybridized carbons (Fsp3) is 0.562. The van der Waals surface area contributed by atoms with Crippen LogP contribution in [0.3, 0.4) is 0 Å². The quantitative estimate of drug-likeness (QED) is 0.738. The van der Waals surface area contributed by atoms with Crippen molar-refractivity contribution in [1.29, 1.82) is 0 Å². The highest BCUT2D eigenvalue weighted by Crippen LogP contribution is 2.30. The lowest BCUT2D eigenvalue weighted by Gasteiger charge is -2.18. The molecule has 1 atom stereocenters. The highest BCUT2D eigenvalue weighted by molar-refractivity contribution is 7.85.